The van der Waals surface area contributed by atoms with E-state index in [2.05, 4.69) is 165 Å². The molecule has 8 nitrogen and oxygen atoms in total. The largest absolute Gasteiger partial charge is 0.306 e. The second-order valence-electron chi connectivity index (χ2n) is 26.0. The lowest BCUT2D eigenvalue weighted by molar-refractivity contribution is -0.124. The number of unbranched alkanes of at least 4 members (excludes halogenated alkanes) is 2. The van der Waals surface area contributed by atoms with Gasteiger partial charge in [0.1, 0.15) is 0 Å². The number of fused-ring (bicyclic) bond motifs is 5. The molecular weight excluding hydrogens is 1220 g/mol. The van der Waals surface area contributed by atoms with Gasteiger partial charge in [0, 0.05) is 51.1 Å². The fourth-order valence-electron chi connectivity index (χ4n) is 15.4. The molecule has 4 aromatic carbocycles. The predicted octanol–water partition coefficient (Wildman–Crippen LogP) is 21.3. The van der Waals surface area contributed by atoms with Crippen molar-refractivity contribution in [3.8, 4) is 52.9 Å². The predicted molar refractivity (Wildman–Crippen MR) is 390 cm³/mol. The maximum absolute atomic E-state index is 15.1. The second kappa shape index (κ2) is 27.5. The first-order chi connectivity index (χ1) is 45.4. The Kier molecular flexibility index (Phi) is 19.0. The van der Waals surface area contributed by atoms with E-state index in [9.17, 15) is 0 Å². The molecule has 1 aliphatic carbocycles. The first-order valence-corrected chi connectivity index (χ1v) is 37.8. The number of rotatable bonds is 28. The van der Waals surface area contributed by atoms with Gasteiger partial charge in [-0.05, 0) is 156 Å². The van der Waals surface area contributed by atoms with Gasteiger partial charge < -0.3 is 19.6 Å². The van der Waals surface area contributed by atoms with Crippen LogP contribution in [0.2, 0.25) is 0 Å². The molecule has 0 bridgehead atoms. The summed E-state index contributed by atoms with van der Waals surface area (Å²) in [6, 6.07) is 52.4. The summed E-state index contributed by atoms with van der Waals surface area (Å²) in [5.41, 5.74) is 14.8. The molecule has 8 heterocycles. The van der Waals surface area contributed by atoms with Gasteiger partial charge >= 0.3 is 0 Å². The van der Waals surface area contributed by atoms with Gasteiger partial charge in [0.25, 0.3) is 23.6 Å². The zero-order chi connectivity index (χ0) is 64.7. The van der Waals surface area contributed by atoms with Crippen molar-refractivity contribution in [1.82, 2.24) is 19.6 Å². The topological polar surface area (TPSA) is 81.2 Å². The lowest BCUT2D eigenvalue weighted by Gasteiger charge is -2.39. The van der Waals surface area contributed by atoms with Gasteiger partial charge in [-0.2, -0.15) is 0 Å². The number of nitrogens with zero attached hydrogens (tertiary/aromatic N) is 4. The Balaban J connectivity index is 0.918. The summed E-state index contributed by atoms with van der Waals surface area (Å²) in [6.45, 7) is 19.9. The molecule has 2 unspecified atom stereocenters. The van der Waals surface area contributed by atoms with E-state index in [1.165, 1.54) is 47.9 Å². The number of hydrogen-bond donors (Lipinski definition) is 0. The molecule has 8 aromatic rings. The fourth-order valence-corrected chi connectivity index (χ4v) is 19.7. The van der Waals surface area contributed by atoms with Crippen molar-refractivity contribution in [2.75, 3.05) is 26.2 Å². The summed E-state index contributed by atoms with van der Waals surface area (Å²) < 4.78 is 0. The minimum atomic E-state index is -0.283. The molecule has 0 saturated heterocycles. The van der Waals surface area contributed by atoms with E-state index in [1.54, 1.807) is 45.3 Å². The van der Waals surface area contributed by atoms with Crippen LogP contribution in [0, 0.1) is 11.8 Å². The first kappa shape index (κ1) is 64.2. The first-order valence-electron chi connectivity index (χ1n) is 34.5. The summed E-state index contributed by atoms with van der Waals surface area (Å²) in [5, 5.41) is 0. The van der Waals surface area contributed by atoms with Crippen LogP contribution in [0.4, 0.5) is 0 Å². The monoisotopic (exact) mass is 1310 g/mol. The summed E-state index contributed by atoms with van der Waals surface area (Å²) in [7, 11) is 0. The molecule has 478 valence electrons. The van der Waals surface area contributed by atoms with E-state index < -0.39 is 0 Å². The molecule has 13 rings (SSSR count). The van der Waals surface area contributed by atoms with E-state index in [4.69, 9.17) is 0 Å². The highest BCUT2D eigenvalue weighted by Crippen LogP contribution is 2.59. The van der Waals surface area contributed by atoms with Crippen LogP contribution < -0.4 is 0 Å². The summed E-state index contributed by atoms with van der Waals surface area (Å²) in [6.07, 6.45) is 14.4. The average molecular weight is 1310 g/mol. The molecule has 4 aliphatic heterocycles. The van der Waals surface area contributed by atoms with Crippen LogP contribution in [0.3, 0.4) is 0 Å². The zero-order valence-corrected chi connectivity index (χ0v) is 58.6. The fraction of sp³-hybridized carbons (Fsp3) is 0.358. The molecule has 0 saturated carbocycles. The van der Waals surface area contributed by atoms with Crippen molar-refractivity contribution in [3.63, 3.8) is 0 Å². The van der Waals surface area contributed by atoms with Crippen molar-refractivity contribution in [2.24, 2.45) is 11.8 Å². The number of carbonyl (C=O) groups is 4. The quantitative estimate of drug-likeness (QED) is 0.0489. The number of amides is 4. The minimum absolute atomic E-state index is 0.0890. The van der Waals surface area contributed by atoms with Gasteiger partial charge in [0.15, 0.2) is 0 Å². The third-order valence-electron chi connectivity index (χ3n) is 19.9. The molecule has 5 aliphatic rings. The van der Waals surface area contributed by atoms with Crippen molar-refractivity contribution < 1.29 is 19.2 Å². The smallest absolute Gasteiger partial charge is 0.261 e. The number of hydrogen-bond acceptors (Lipinski definition) is 8. The minimum Gasteiger partial charge on any atom is -0.306 e. The van der Waals surface area contributed by atoms with E-state index in [0.717, 1.165) is 148 Å². The number of carbonyl (C=O) groups excluding carboxylic acids is 4. The highest BCUT2D eigenvalue weighted by molar-refractivity contribution is 7.17. The molecule has 93 heavy (non-hydrogen) atoms. The van der Waals surface area contributed by atoms with Crippen LogP contribution in [-0.2, 0) is 24.6 Å². The standard InChI is InChI=1S/C81H86N4O4S4/c1-9-17-25-51(15-7)49-81(50-52(16-8)26-18-10-2)59-47-55(63-37-41-67(92-63)75-71-69(77(86)84(75)45-13-5)73(82(43-11-3)79(71)88)65-39-35-61(90-65)53-27-21-19-22-28-53)31-33-57(59)58-34-32-56(48-60(58)81)64-38-42-68(93-64)76-72-70(78(87)85(76)46-14-6)74(83(44-12-4)80(72)89)66-40-36-62(91-66)54-29-23-20-24-30-54/h19-24,27-42,47-48,51-52H,9-18,25-26,43-46,49-50H2,1-8H3. The Morgan fingerprint density at radius 1 is 0.333 bits per heavy atom. The second-order valence-corrected chi connectivity index (χ2v) is 30.3. The lowest BCUT2D eigenvalue weighted by atomic mass is 9.65. The molecular formula is C81H86N4O4S4. The van der Waals surface area contributed by atoms with Crippen molar-refractivity contribution >= 4 is 91.8 Å². The molecule has 12 heteroatoms. The molecule has 0 radical (unpaired) electrons. The van der Waals surface area contributed by atoms with E-state index in [0.29, 0.717) is 60.3 Å². The van der Waals surface area contributed by atoms with Crippen LogP contribution in [0.25, 0.3) is 75.7 Å². The molecule has 0 N–H and O–H groups in total. The summed E-state index contributed by atoms with van der Waals surface area (Å²) in [4.78, 5) is 76.1. The van der Waals surface area contributed by atoms with Crippen LogP contribution >= 0.6 is 45.3 Å². The van der Waals surface area contributed by atoms with Gasteiger partial charge in [-0.15, -0.1) is 45.3 Å². The Labute approximate surface area is 566 Å². The SMILES string of the molecule is CCCCC(CC)CC1(CC(CC)CCCC)c2cc(-c3ccc(C4=C5C(=O)N(CCC)C(c6ccc(-c7ccccc7)s6)=C5C(=O)N4CCC)s3)ccc2-c2ccc(-c3ccc(C4=C5C(=O)N(CCC)C(c6ccc(-c7ccccc7)s6)=C5C(=O)N4CCC)s3)cc21. The number of thiophene rings is 4. The maximum atomic E-state index is 15.1. The highest BCUT2D eigenvalue weighted by Gasteiger charge is 2.52. The van der Waals surface area contributed by atoms with Gasteiger partial charge in [0.2, 0.25) is 0 Å². The molecule has 0 spiro atoms. The Morgan fingerprint density at radius 3 is 0.903 bits per heavy atom. The van der Waals surface area contributed by atoms with Crippen LogP contribution in [0.5, 0.6) is 0 Å². The van der Waals surface area contributed by atoms with Gasteiger partial charge in [-0.25, -0.2) is 0 Å². The van der Waals surface area contributed by atoms with Crippen LogP contribution in [-0.4, -0.2) is 69.4 Å². The Hall–Kier alpha value is -7.48. The molecule has 2 atom stereocenters. The Morgan fingerprint density at radius 2 is 0.624 bits per heavy atom. The summed E-state index contributed by atoms with van der Waals surface area (Å²) >= 11 is 6.68. The Bertz CT molecular complexity index is 4030. The normalized spacial score (nSPS) is 16.6. The number of benzene rings is 4. The van der Waals surface area contributed by atoms with Gasteiger partial charge in [0.05, 0.1) is 64.6 Å². The highest BCUT2D eigenvalue weighted by atomic mass is 32.1. The van der Waals surface area contributed by atoms with Gasteiger partial charge in [-0.3, -0.25) is 19.2 Å². The van der Waals surface area contributed by atoms with Crippen molar-refractivity contribution in [3.05, 3.63) is 199 Å². The zero-order valence-electron chi connectivity index (χ0n) is 55.3. The maximum Gasteiger partial charge on any atom is 0.261 e. The lowest BCUT2D eigenvalue weighted by Crippen LogP contribution is -2.31. The molecule has 4 amide bonds. The van der Waals surface area contributed by atoms with E-state index in [-0.39, 0.29) is 29.0 Å². The van der Waals surface area contributed by atoms with E-state index in [1.807, 2.05) is 56.0 Å². The van der Waals surface area contributed by atoms with Gasteiger partial charge in [-0.1, -0.05) is 192 Å². The average Bonchev–Trinajstić information content (AvgIpc) is 1.58. The molecule has 0 fully saturated rings. The third-order valence-corrected chi connectivity index (χ3v) is 24.5. The van der Waals surface area contributed by atoms with Crippen molar-refractivity contribution in [1.29, 1.82) is 0 Å². The third kappa shape index (κ3) is 11.4. The van der Waals surface area contributed by atoms with Crippen LogP contribution in [0.15, 0.2) is 168 Å². The van der Waals surface area contributed by atoms with Crippen molar-refractivity contribution in [2.45, 2.75) is 151 Å². The van der Waals surface area contributed by atoms with E-state index >= 15 is 19.2 Å². The molecule has 4 aromatic heterocycles. The van der Waals surface area contributed by atoms with Crippen LogP contribution in [0.1, 0.15) is 176 Å². The summed E-state index contributed by atoms with van der Waals surface area (Å²) in [5.74, 6) is 0.676.